The van der Waals surface area contributed by atoms with Crippen molar-refractivity contribution in [2.24, 2.45) is 4.99 Å². The molecule has 1 aliphatic heterocycles. The molecule has 0 unspecified atom stereocenters. The Morgan fingerprint density at radius 2 is 1.68 bits per heavy atom. The van der Waals surface area contributed by atoms with Crippen LogP contribution in [-0.2, 0) is 11.4 Å². The number of hydrogen-bond donors (Lipinski definition) is 0. The molecule has 5 nitrogen and oxygen atoms in total. The minimum Gasteiger partial charge on any atom is -0.489 e. The summed E-state index contributed by atoms with van der Waals surface area (Å²) in [6, 6.07) is 32.0. The summed E-state index contributed by atoms with van der Waals surface area (Å²) in [6.07, 6.45) is 7.47. The Bertz CT molecular complexity index is 1650. The molecule has 1 aliphatic carbocycles. The maximum absolute atomic E-state index is 13.7. The highest BCUT2D eigenvalue weighted by molar-refractivity contribution is 8.18. The highest BCUT2D eigenvalue weighted by Crippen LogP contribution is 2.39. The molecule has 0 radical (unpaired) electrons. The summed E-state index contributed by atoms with van der Waals surface area (Å²) in [5, 5.41) is 12.4. The van der Waals surface area contributed by atoms with Crippen molar-refractivity contribution in [1.82, 2.24) is 4.90 Å². The predicted octanol–water partition coefficient (Wildman–Crippen LogP) is 8.23. The normalized spacial score (nSPS) is 18.0. The minimum atomic E-state index is 0.0323. The van der Waals surface area contributed by atoms with Crippen molar-refractivity contribution in [3.8, 4) is 11.8 Å². The average Bonchev–Trinajstić information content (AvgIpc) is 3.30. The van der Waals surface area contributed by atoms with Crippen LogP contribution in [0.15, 0.2) is 101 Å². The van der Waals surface area contributed by atoms with Gasteiger partial charge in [-0.1, -0.05) is 79.9 Å². The summed E-state index contributed by atoms with van der Waals surface area (Å²) in [7, 11) is 0. The lowest BCUT2D eigenvalue weighted by atomic mass is 9.94. The molecule has 2 aliphatic rings. The van der Waals surface area contributed by atoms with E-state index in [9.17, 15) is 10.1 Å². The van der Waals surface area contributed by atoms with Gasteiger partial charge in [-0.05, 0) is 77.3 Å². The number of amides is 1. The number of thioether (sulfide) groups is 1. The SMILES string of the molecule is N#Cc1ccccc1COc1ccc(/C=C2\SC(=Nc3ccc4ccccc4c3)N(C3CCCCC3)C2=O)cc1. The molecule has 40 heavy (non-hydrogen) atoms. The first-order chi connectivity index (χ1) is 19.7. The molecule has 6 heteroatoms. The summed E-state index contributed by atoms with van der Waals surface area (Å²) >= 11 is 1.46. The summed E-state index contributed by atoms with van der Waals surface area (Å²) in [5.74, 6) is 0.743. The zero-order valence-corrected chi connectivity index (χ0v) is 22.9. The first-order valence-corrected chi connectivity index (χ1v) is 14.5. The molecule has 1 heterocycles. The maximum Gasteiger partial charge on any atom is 0.267 e. The first-order valence-electron chi connectivity index (χ1n) is 13.7. The monoisotopic (exact) mass is 543 g/mol. The van der Waals surface area contributed by atoms with Crippen LogP contribution >= 0.6 is 11.8 Å². The lowest BCUT2D eigenvalue weighted by Crippen LogP contribution is -2.40. The third kappa shape index (κ3) is 5.66. The topological polar surface area (TPSA) is 65.7 Å². The number of carbonyl (C=O) groups is 1. The molecular weight excluding hydrogens is 514 g/mol. The predicted molar refractivity (Wildman–Crippen MR) is 162 cm³/mol. The molecule has 4 aromatic carbocycles. The Labute approximate surface area is 238 Å². The van der Waals surface area contributed by atoms with Gasteiger partial charge in [0.05, 0.1) is 22.2 Å². The van der Waals surface area contributed by atoms with Crippen LogP contribution in [0.1, 0.15) is 48.8 Å². The van der Waals surface area contributed by atoms with E-state index in [0.717, 1.165) is 53.1 Å². The highest BCUT2D eigenvalue weighted by atomic mass is 32.2. The standard InChI is InChI=1S/C34H29N3O2S/c35-22-27-10-6-7-11-28(27)23-39-31-18-14-24(15-19-31)20-32-33(38)37(30-12-2-1-3-13-30)34(40-32)36-29-17-16-25-8-4-5-9-26(25)21-29/h4-11,14-21,30H,1-3,12-13,23H2/b32-20-,36-34?. The fourth-order valence-electron chi connectivity index (χ4n) is 5.31. The van der Waals surface area contributed by atoms with Gasteiger partial charge in [0.1, 0.15) is 12.4 Å². The fraction of sp³-hybridized carbons (Fsp3) is 0.206. The molecule has 0 spiro atoms. The highest BCUT2D eigenvalue weighted by Gasteiger charge is 2.38. The van der Waals surface area contributed by atoms with Crippen molar-refractivity contribution < 1.29 is 9.53 Å². The van der Waals surface area contributed by atoms with E-state index in [2.05, 4.69) is 30.3 Å². The molecule has 1 amide bonds. The second-order valence-electron chi connectivity index (χ2n) is 10.1. The maximum atomic E-state index is 13.7. The van der Waals surface area contributed by atoms with Gasteiger partial charge >= 0.3 is 0 Å². The number of amidine groups is 1. The minimum absolute atomic E-state index is 0.0323. The van der Waals surface area contributed by atoms with Crippen molar-refractivity contribution in [3.63, 3.8) is 0 Å². The van der Waals surface area contributed by atoms with E-state index in [4.69, 9.17) is 9.73 Å². The van der Waals surface area contributed by atoms with E-state index < -0.39 is 0 Å². The van der Waals surface area contributed by atoms with Crippen LogP contribution < -0.4 is 4.74 Å². The lowest BCUT2D eigenvalue weighted by Gasteiger charge is -2.30. The number of carbonyl (C=O) groups excluding carboxylic acids is 1. The van der Waals surface area contributed by atoms with E-state index in [-0.39, 0.29) is 11.9 Å². The third-order valence-corrected chi connectivity index (χ3v) is 8.43. The Morgan fingerprint density at radius 1 is 0.925 bits per heavy atom. The molecule has 0 bridgehead atoms. The molecule has 0 aromatic heterocycles. The van der Waals surface area contributed by atoms with Crippen molar-refractivity contribution in [2.75, 3.05) is 0 Å². The molecule has 2 fully saturated rings. The van der Waals surface area contributed by atoms with Gasteiger partial charge in [0.15, 0.2) is 5.17 Å². The van der Waals surface area contributed by atoms with Crippen molar-refractivity contribution in [3.05, 3.63) is 113 Å². The van der Waals surface area contributed by atoms with Gasteiger partial charge in [-0.15, -0.1) is 0 Å². The van der Waals surface area contributed by atoms with Crippen LogP contribution in [-0.4, -0.2) is 22.0 Å². The van der Waals surface area contributed by atoms with Gasteiger partial charge in [0.25, 0.3) is 5.91 Å². The summed E-state index contributed by atoms with van der Waals surface area (Å²) in [4.78, 5) is 21.3. The molecule has 6 rings (SSSR count). The molecule has 0 N–H and O–H groups in total. The Kier molecular flexibility index (Phi) is 7.65. The van der Waals surface area contributed by atoms with Gasteiger partial charge < -0.3 is 4.74 Å². The number of hydrogen-bond acceptors (Lipinski definition) is 5. The average molecular weight is 544 g/mol. The number of benzene rings is 4. The van der Waals surface area contributed by atoms with Crippen LogP contribution in [0.2, 0.25) is 0 Å². The number of ether oxygens (including phenoxy) is 1. The zero-order chi connectivity index (χ0) is 27.3. The van der Waals surface area contributed by atoms with Gasteiger partial charge in [-0.25, -0.2) is 4.99 Å². The Balaban J connectivity index is 1.23. The fourth-order valence-corrected chi connectivity index (χ4v) is 6.37. The van der Waals surface area contributed by atoms with Crippen molar-refractivity contribution in [1.29, 1.82) is 5.26 Å². The summed E-state index contributed by atoms with van der Waals surface area (Å²) in [6.45, 7) is 0.323. The van der Waals surface area contributed by atoms with Crippen LogP contribution in [0.4, 0.5) is 5.69 Å². The van der Waals surface area contributed by atoms with E-state index in [1.54, 1.807) is 6.07 Å². The van der Waals surface area contributed by atoms with Gasteiger partial charge in [-0.2, -0.15) is 5.26 Å². The van der Waals surface area contributed by atoms with Crippen LogP contribution in [0.25, 0.3) is 16.8 Å². The number of fused-ring (bicyclic) bond motifs is 1. The molecule has 4 aromatic rings. The van der Waals surface area contributed by atoms with Gasteiger partial charge in [-0.3, -0.25) is 9.69 Å². The molecular formula is C34H29N3O2S. The molecule has 1 saturated heterocycles. The summed E-state index contributed by atoms with van der Waals surface area (Å²) in [5.41, 5.74) is 3.25. The van der Waals surface area contributed by atoms with E-state index in [1.807, 2.05) is 71.6 Å². The first kappa shape index (κ1) is 25.9. The number of aliphatic imine (C=N–C) groups is 1. The smallest absolute Gasteiger partial charge is 0.267 e. The number of rotatable bonds is 6. The Hall–Kier alpha value is -4.34. The molecule has 1 saturated carbocycles. The number of nitriles is 1. The second-order valence-corrected chi connectivity index (χ2v) is 11.1. The third-order valence-electron chi connectivity index (χ3n) is 7.44. The van der Waals surface area contributed by atoms with Gasteiger partial charge in [0.2, 0.25) is 0 Å². The largest absolute Gasteiger partial charge is 0.489 e. The van der Waals surface area contributed by atoms with Crippen molar-refractivity contribution >= 4 is 45.4 Å². The van der Waals surface area contributed by atoms with Crippen LogP contribution in [0.5, 0.6) is 5.75 Å². The van der Waals surface area contributed by atoms with Crippen LogP contribution in [0.3, 0.4) is 0 Å². The molecule has 198 valence electrons. The summed E-state index contributed by atoms with van der Waals surface area (Å²) < 4.78 is 5.92. The molecule has 0 atom stereocenters. The Morgan fingerprint density at radius 3 is 2.48 bits per heavy atom. The van der Waals surface area contributed by atoms with E-state index >= 15 is 0 Å². The quantitative estimate of drug-likeness (QED) is 0.230. The second kappa shape index (κ2) is 11.8. The number of nitrogens with zero attached hydrogens (tertiary/aromatic N) is 3. The van der Waals surface area contributed by atoms with Gasteiger partial charge in [0, 0.05) is 11.6 Å². The van der Waals surface area contributed by atoms with Crippen LogP contribution in [0, 0.1) is 11.3 Å². The van der Waals surface area contributed by atoms with E-state index in [1.165, 1.54) is 23.6 Å². The lowest BCUT2D eigenvalue weighted by molar-refractivity contribution is -0.124. The van der Waals surface area contributed by atoms with E-state index in [0.29, 0.717) is 22.8 Å². The zero-order valence-electron chi connectivity index (χ0n) is 22.1. The van der Waals surface area contributed by atoms with Crippen molar-refractivity contribution in [2.45, 2.75) is 44.8 Å².